The molecule has 0 unspecified atom stereocenters. The third kappa shape index (κ3) is 4.42. The van der Waals surface area contributed by atoms with Crippen LogP contribution in [-0.2, 0) is 5.41 Å². The van der Waals surface area contributed by atoms with E-state index in [-0.39, 0.29) is 11.3 Å². The Hall–Kier alpha value is -4.70. The molecule has 1 amide bonds. The van der Waals surface area contributed by atoms with Crippen LogP contribution in [0, 0.1) is 11.3 Å². The van der Waals surface area contributed by atoms with Crippen molar-refractivity contribution in [1.82, 2.24) is 15.2 Å². The zero-order valence-electron chi connectivity index (χ0n) is 19.6. The van der Waals surface area contributed by atoms with Crippen molar-refractivity contribution in [2.45, 2.75) is 26.2 Å². The summed E-state index contributed by atoms with van der Waals surface area (Å²) < 4.78 is 6.05. The molecule has 0 aliphatic heterocycles. The number of oxazole rings is 1. The summed E-state index contributed by atoms with van der Waals surface area (Å²) in [5.41, 5.74) is 6.60. The van der Waals surface area contributed by atoms with Crippen molar-refractivity contribution >= 4 is 22.7 Å². The number of benzene rings is 3. The van der Waals surface area contributed by atoms with Gasteiger partial charge in [-0.15, -0.1) is 0 Å². The van der Waals surface area contributed by atoms with Gasteiger partial charge in [0, 0.05) is 16.8 Å². The number of anilines is 1. The van der Waals surface area contributed by atoms with Gasteiger partial charge in [0.1, 0.15) is 5.52 Å². The maximum absolute atomic E-state index is 12.7. The molecule has 7 nitrogen and oxygen atoms in total. The van der Waals surface area contributed by atoms with Crippen molar-refractivity contribution in [3.63, 3.8) is 0 Å². The molecule has 2 aromatic heterocycles. The molecule has 0 bridgehead atoms. The predicted octanol–water partition coefficient (Wildman–Crippen LogP) is 6.31. The molecule has 0 aliphatic rings. The number of amides is 1. The van der Waals surface area contributed by atoms with Crippen LogP contribution in [0.1, 0.15) is 42.3 Å². The smallest absolute Gasteiger partial charge is 0.255 e. The predicted molar refractivity (Wildman–Crippen MR) is 135 cm³/mol. The minimum Gasteiger partial charge on any atom is -0.436 e. The summed E-state index contributed by atoms with van der Waals surface area (Å²) in [4.78, 5) is 17.4. The number of aromatic nitrogens is 3. The van der Waals surface area contributed by atoms with E-state index in [0.29, 0.717) is 28.3 Å². The first-order valence-electron chi connectivity index (χ1n) is 11.2. The highest BCUT2D eigenvalue weighted by molar-refractivity contribution is 6.04. The standard InChI is InChI=1S/C28H23N5O2/c1-28(2,3)20-11-12-24-23(14-20)32-27(35-24)22-16-30-33-25(22)19-5-4-6-21(13-19)31-26(34)18-9-7-17(15-29)8-10-18/h4-14,16H,1-3H3,(H,30,33)(H,31,34). The summed E-state index contributed by atoms with van der Waals surface area (Å²) in [6.07, 6.45) is 1.69. The van der Waals surface area contributed by atoms with Crippen molar-refractivity contribution in [3.05, 3.63) is 89.6 Å². The Balaban J connectivity index is 1.44. The Morgan fingerprint density at radius 2 is 1.86 bits per heavy atom. The Labute approximate surface area is 202 Å². The molecule has 5 aromatic rings. The van der Waals surface area contributed by atoms with Gasteiger partial charge < -0.3 is 9.73 Å². The van der Waals surface area contributed by atoms with Gasteiger partial charge >= 0.3 is 0 Å². The molecule has 2 N–H and O–H groups in total. The van der Waals surface area contributed by atoms with Crippen LogP contribution < -0.4 is 5.32 Å². The van der Waals surface area contributed by atoms with E-state index in [1.165, 1.54) is 5.56 Å². The number of nitrogens with zero attached hydrogens (tertiary/aromatic N) is 3. The maximum atomic E-state index is 12.7. The van der Waals surface area contributed by atoms with E-state index in [4.69, 9.17) is 14.7 Å². The van der Waals surface area contributed by atoms with E-state index >= 15 is 0 Å². The first-order chi connectivity index (χ1) is 16.8. The lowest BCUT2D eigenvalue weighted by atomic mass is 9.87. The normalized spacial score (nSPS) is 11.4. The molecule has 0 spiro atoms. The zero-order valence-corrected chi connectivity index (χ0v) is 19.6. The van der Waals surface area contributed by atoms with E-state index in [2.05, 4.69) is 48.4 Å². The van der Waals surface area contributed by atoms with Gasteiger partial charge in [-0.05, 0) is 59.5 Å². The quantitative estimate of drug-likeness (QED) is 0.326. The van der Waals surface area contributed by atoms with E-state index in [0.717, 1.165) is 22.3 Å². The summed E-state index contributed by atoms with van der Waals surface area (Å²) in [5.74, 6) is 0.215. The largest absolute Gasteiger partial charge is 0.436 e. The highest BCUT2D eigenvalue weighted by Gasteiger charge is 2.19. The van der Waals surface area contributed by atoms with Gasteiger partial charge in [0.2, 0.25) is 5.89 Å². The second kappa shape index (κ2) is 8.58. The Bertz CT molecular complexity index is 1580. The van der Waals surface area contributed by atoms with Gasteiger partial charge in [-0.25, -0.2) is 4.98 Å². The van der Waals surface area contributed by atoms with Gasteiger partial charge in [0.05, 0.1) is 29.1 Å². The van der Waals surface area contributed by atoms with Crippen LogP contribution in [0.2, 0.25) is 0 Å². The van der Waals surface area contributed by atoms with Crippen LogP contribution in [0.5, 0.6) is 0 Å². The number of hydrogen-bond donors (Lipinski definition) is 2. The molecular formula is C28H23N5O2. The van der Waals surface area contributed by atoms with E-state index in [1.54, 1.807) is 30.5 Å². The molecule has 172 valence electrons. The number of fused-ring (bicyclic) bond motifs is 1. The minimum atomic E-state index is -0.259. The van der Waals surface area contributed by atoms with Crippen molar-refractivity contribution in [1.29, 1.82) is 5.26 Å². The van der Waals surface area contributed by atoms with Crippen LogP contribution in [0.15, 0.2) is 77.3 Å². The number of H-pyrrole nitrogens is 1. The molecule has 7 heteroatoms. The number of nitriles is 1. The maximum Gasteiger partial charge on any atom is 0.255 e. The lowest BCUT2D eigenvalue weighted by Crippen LogP contribution is -2.11. The molecule has 2 heterocycles. The Morgan fingerprint density at radius 1 is 1.06 bits per heavy atom. The first kappa shape index (κ1) is 22.1. The number of hydrogen-bond acceptors (Lipinski definition) is 5. The molecule has 0 radical (unpaired) electrons. The van der Waals surface area contributed by atoms with Gasteiger partial charge in [-0.2, -0.15) is 10.4 Å². The van der Waals surface area contributed by atoms with Crippen LogP contribution in [0.3, 0.4) is 0 Å². The number of rotatable bonds is 4. The highest BCUT2D eigenvalue weighted by atomic mass is 16.3. The van der Waals surface area contributed by atoms with E-state index in [1.807, 2.05) is 36.4 Å². The van der Waals surface area contributed by atoms with Gasteiger partial charge in [-0.3, -0.25) is 9.89 Å². The average molecular weight is 462 g/mol. The second-order valence-corrected chi connectivity index (χ2v) is 9.33. The van der Waals surface area contributed by atoms with Crippen molar-refractivity contribution in [2.24, 2.45) is 0 Å². The van der Waals surface area contributed by atoms with Crippen molar-refractivity contribution < 1.29 is 9.21 Å². The summed E-state index contributed by atoms with van der Waals surface area (Å²) in [7, 11) is 0. The molecule has 5 rings (SSSR count). The van der Waals surface area contributed by atoms with E-state index in [9.17, 15) is 4.79 Å². The summed E-state index contributed by atoms with van der Waals surface area (Å²) in [5, 5.41) is 19.1. The third-order valence-corrected chi connectivity index (χ3v) is 5.81. The average Bonchev–Trinajstić information content (AvgIpc) is 3.50. The van der Waals surface area contributed by atoms with Crippen LogP contribution in [0.25, 0.3) is 33.8 Å². The second-order valence-electron chi connectivity index (χ2n) is 9.33. The van der Waals surface area contributed by atoms with Gasteiger partial charge in [0.25, 0.3) is 5.91 Å². The molecule has 0 aliphatic carbocycles. The van der Waals surface area contributed by atoms with Gasteiger partial charge in [0.15, 0.2) is 5.58 Å². The van der Waals surface area contributed by atoms with Crippen LogP contribution >= 0.6 is 0 Å². The lowest BCUT2D eigenvalue weighted by molar-refractivity contribution is 0.102. The molecular weight excluding hydrogens is 438 g/mol. The molecule has 0 saturated heterocycles. The zero-order chi connectivity index (χ0) is 24.6. The topological polar surface area (TPSA) is 108 Å². The molecule has 0 saturated carbocycles. The monoisotopic (exact) mass is 461 g/mol. The van der Waals surface area contributed by atoms with E-state index < -0.39 is 0 Å². The fourth-order valence-corrected chi connectivity index (χ4v) is 3.83. The van der Waals surface area contributed by atoms with Crippen LogP contribution in [-0.4, -0.2) is 21.1 Å². The fraction of sp³-hybridized carbons (Fsp3) is 0.143. The van der Waals surface area contributed by atoms with Crippen LogP contribution in [0.4, 0.5) is 5.69 Å². The lowest BCUT2D eigenvalue weighted by Gasteiger charge is -2.18. The Morgan fingerprint density at radius 3 is 2.60 bits per heavy atom. The molecule has 0 fully saturated rings. The number of aromatic amines is 1. The number of carbonyl (C=O) groups is 1. The summed E-state index contributed by atoms with van der Waals surface area (Å²) in [6, 6.07) is 22.1. The summed E-state index contributed by atoms with van der Waals surface area (Å²) >= 11 is 0. The van der Waals surface area contributed by atoms with Crippen molar-refractivity contribution in [2.75, 3.05) is 5.32 Å². The summed E-state index contributed by atoms with van der Waals surface area (Å²) in [6.45, 7) is 6.49. The highest BCUT2D eigenvalue weighted by Crippen LogP contribution is 2.34. The number of carbonyl (C=O) groups excluding carboxylic acids is 1. The third-order valence-electron chi connectivity index (χ3n) is 5.81. The molecule has 35 heavy (non-hydrogen) atoms. The van der Waals surface area contributed by atoms with Gasteiger partial charge in [-0.1, -0.05) is 39.0 Å². The first-order valence-corrected chi connectivity index (χ1v) is 11.2. The number of nitrogens with one attached hydrogen (secondary N) is 2. The van der Waals surface area contributed by atoms with Crippen molar-refractivity contribution in [3.8, 4) is 28.8 Å². The Kier molecular flexibility index (Phi) is 5.42. The molecule has 0 atom stereocenters. The minimum absolute atomic E-state index is 0.0107. The fourth-order valence-electron chi connectivity index (χ4n) is 3.83. The SMILES string of the molecule is CC(C)(C)c1ccc2oc(-c3cn[nH]c3-c3cccc(NC(=O)c4ccc(C#N)cc4)c3)nc2c1. The molecule has 3 aromatic carbocycles.